The first-order valence-corrected chi connectivity index (χ1v) is 7.65. The van der Waals surface area contributed by atoms with Gasteiger partial charge in [-0.25, -0.2) is 4.79 Å². The molecule has 0 aromatic carbocycles. The third-order valence-electron chi connectivity index (χ3n) is 2.83. The van der Waals surface area contributed by atoms with Gasteiger partial charge in [0, 0.05) is 11.4 Å². The fourth-order valence-corrected chi connectivity index (χ4v) is 2.43. The molecule has 0 radical (unpaired) electrons. The summed E-state index contributed by atoms with van der Waals surface area (Å²) in [5, 5.41) is 7.76. The SMILES string of the molecule is CCCC[C@H](NC(=O)CNCc1cccs1)C(=O)OC. The van der Waals surface area contributed by atoms with Gasteiger partial charge in [0.25, 0.3) is 0 Å². The number of unbranched alkanes of at least 4 members (excludes halogenated alkanes) is 1. The molecule has 1 aromatic rings. The molecule has 0 fully saturated rings. The molecule has 0 aliphatic rings. The fraction of sp³-hybridized carbons (Fsp3) is 0.571. The quantitative estimate of drug-likeness (QED) is 0.681. The van der Waals surface area contributed by atoms with Crippen molar-refractivity contribution in [1.82, 2.24) is 10.6 Å². The number of hydrogen-bond donors (Lipinski definition) is 2. The van der Waals surface area contributed by atoms with E-state index in [9.17, 15) is 9.59 Å². The average Bonchev–Trinajstić information content (AvgIpc) is 2.95. The van der Waals surface area contributed by atoms with Crippen molar-refractivity contribution < 1.29 is 14.3 Å². The van der Waals surface area contributed by atoms with E-state index < -0.39 is 6.04 Å². The van der Waals surface area contributed by atoms with Crippen molar-refractivity contribution in [3.63, 3.8) is 0 Å². The van der Waals surface area contributed by atoms with Crippen LogP contribution in [0.4, 0.5) is 0 Å². The van der Waals surface area contributed by atoms with Gasteiger partial charge < -0.3 is 15.4 Å². The van der Waals surface area contributed by atoms with Crippen molar-refractivity contribution in [3.05, 3.63) is 22.4 Å². The smallest absolute Gasteiger partial charge is 0.328 e. The normalized spacial score (nSPS) is 11.9. The lowest BCUT2D eigenvalue weighted by atomic mass is 10.1. The summed E-state index contributed by atoms with van der Waals surface area (Å²) >= 11 is 1.64. The number of esters is 1. The zero-order valence-corrected chi connectivity index (χ0v) is 12.8. The van der Waals surface area contributed by atoms with Gasteiger partial charge in [0.05, 0.1) is 13.7 Å². The van der Waals surface area contributed by atoms with Crippen molar-refractivity contribution in [2.24, 2.45) is 0 Å². The first-order valence-electron chi connectivity index (χ1n) is 6.77. The Labute approximate surface area is 123 Å². The number of thiophene rings is 1. The van der Waals surface area contributed by atoms with Gasteiger partial charge in [0.1, 0.15) is 6.04 Å². The monoisotopic (exact) mass is 298 g/mol. The topological polar surface area (TPSA) is 67.4 Å². The molecular formula is C14H22N2O3S. The Morgan fingerprint density at radius 3 is 2.85 bits per heavy atom. The Morgan fingerprint density at radius 2 is 2.25 bits per heavy atom. The maximum Gasteiger partial charge on any atom is 0.328 e. The summed E-state index contributed by atoms with van der Waals surface area (Å²) in [6, 6.07) is 3.43. The summed E-state index contributed by atoms with van der Waals surface area (Å²) < 4.78 is 4.70. The standard InChI is InChI=1S/C14H22N2O3S/c1-3-4-7-12(14(18)19-2)16-13(17)10-15-9-11-6-5-8-20-11/h5-6,8,12,15H,3-4,7,9-10H2,1-2H3,(H,16,17)/t12-/m0/s1. The highest BCUT2D eigenvalue weighted by atomic mass is 32.1. The molecule has 0 spiro atoms. The second kappa shape index (κ2) is 9.50. The third-order valence-corrected chi connectivity index (χ3v) is 3.71. The predicted molar refractivity (Wildman–Crippen MR) is 79.5 cm³/mol. The minimum atomic E-state index is -0.545. The molecule has 1 heterocycles. The van der Waals surface area contributed by atoms with E-state index in [4.69, 9.17) is 4.74 Å². The van der Waals surface area contributed by atoms with Crippen molar-refractivity contribution in [2.45, 2.75) is 38.8 Å². The molecule has 1 amide bonds. The number of methoxy groups -OCH3 is 1. The summed E-state index contributed by atoms with van der Waals surface area (Å²) in [6.07, 6.45) is 2.46. The van der Waals surface area contributed by atoms with Gasteiger partial charge in [-0.05, 0) is 17.9 Å². The maximum absolute atomic E-state index is 11.8. The summed E-state index contributed by atoms with van der Waals surface area (Å²) in [7, 11) is 1.34. The summed E-state index contributed by atoms with van der Waals surface area (Å²) in [6.45, 7) is 2.89. The van der Waals surface area contributed by atoms with Crippen LogP contribution < -0.4 is 10.6 Å². The number of carbonyl (C=O) groups excluding carboxylic acids is 2. The number of amides is 1. The summed E-state index contributed by atoms with van der Waals surface area (Å²) in [4.78, 5) is 24.5. The largest absolute Gasteiger partial charge is 0.467 e. The molecule has 20 heavy (non-hydrogen) atoms. The van der Waals surface area contributed by atoms with Gasteiger partial charge in [-0.1, -0.05) is 25.8 Å². The van der Waals surface area contributed by atoms with Crippen LogP contribution in [0, 0.1) is 0 Å². The van der Waals surface area contributed by atoms with E-state index >= 15 is 0 Å². The molecule has 0 saturated carbocycles. The fourth-order valence-electron chi connectivity index (χ4n) is 1.76. The van der Waals surface area contributed by atoms with E-state index in [-0.39, 0.29) is 18.4 Å². The van der Waals surface area contributed by atoms with E-state index in [1.807, 2.05) is 24.4 Å². The molecule has 1 rings (SSSR count). The van der Waals surface area contributed by atoms with Crippen LogP contribution in [0.1, 0.15) is 31.1 Å². The number of rotatable bonds is 9. The lowest BCUT2D eigenvalue weighted by molar-refractivity contribution is -0.145. The molecule has 112 valence electrons. The van der Waals surface area contributed by atoms with E-state index in [0.717, 1.165) is 12.8 Å². The molecule has 1 aromatic heterocycles. The van der Waals surface area contributed by atoms with Gasteiger partial charge >= 0.3 is 5.97 Å². The molecule has 0 aliphatic heterocycles. The Morgan fingerprint density at radius 1 is 1.45 bits per heavy atom. The van der Waals surface area contributed by atoms with Gasteiger partial charge in [-0.3, -0.25) is 4.79 Å². The second-order valence-corrected chi connectivity index (χ2v) is 5.50. The van der Waals surface area contributed by atoms with Gasteiger partial charge in [-0.2, -0.15) is 0 Å². The van der Waals surface area contributed by atoms with Crippen LogP contribution in [0.5, 0.6) is 0 Å². The van der Waals surface area contributed by atoms with Crippen LogP contribution in [-0.2, 0) is 20.9 Å². The Kier molecular flexibility index (Phi) is 7.91. The highest BCUT2D eigenvalue weighted by molar-refractivity contribution is 7.09. The number of carbonyl (C=O) groups is 2. The summed E-state index contributed by atoms with van der Waals surface area (Å²) in [5.74, 6) is -0.571. The minimum Gasteiger partial charge on any atom is -0.467 e. The van der Waals surface area contributed by atoms with Crippen molar-refractivity contribution in [2.75, 3.05) is 13.7 Å². The molecule has 1 atom stereocenters. The van der Waals surface area contributed by atoms with E-state index in [0.29, 0.717) is 13.0 Å². The molecule has 0 saturated heterocycles. The Hall–Kier alpha value is -1.40. The van der Waals surface area contributed by atoms with Crippen LogP contribution in [0.15, 0.2) is 17.5 Å². The number of hydrogen-bond acceptors (Lipinski definition) is 5. The van der Waals surface area contributed by atoms with Crippen LogP contribution in [-0.4, -0.2) is 31.6 Å². The average molecular weight is 298 g/mol. The van der Waals surface area contributed by atoms with E-state index in [2.05, 4.69) is 10.6 Å². The molecule has 0 bridgehead atoms. The van der Waals surface area contributed by atoms with E-state index in [1.54, 1.807) is 11.3 Å². The Bertz CT molecular complexity index is 407. The van der Waals surface area contributed by atoms with Crippen molar-refractivity contribution in [3.8, 4) is 0 Å². The highest BCUT2D eigenvalue weighted by Gasteiger charge is 2.20. The van der Waals surface area contributed by atoms with Gasteiger partial charge in [0.2, 0.25) is 5.91 Å². The van der Waals surface area contributed by atoms with Crippen LogP contribution in [0.3, 0.4) is 0 Å². The first-order chi connectivity index (χ1) is 9.67. The molecule has 0 unspecified atom stereocenters. The molecule has 6 heteroatoms. The number of nitrogens with one attached hydrogen (secondary N) is 2. The zero-order valence-electron chi connectivity index (χ0n) is 12.0. The van der Waals surface area contributed by atoms with Crippen LogP contribution >= 0.6 is 11.3 Å². The van der Waals surface area contributed by atoms with Crippen molar-refractivity contribution >= 4 is 23.2 Å². The Balaban J connectivity index is 2.31. The lowest BCUT2D eigenvalue weighted by Gasteiger charge is -2.16. The first kappa shape index (κ1) is 16.7. The van der Waals surface area contributed by atoms with Crippen LogP contribution in [0.2, 0.25) is 0 Å². The minimum absolute atomic E-state index is 0.187. The van der Waals surface area contributed by atoms with Gasteiger partial charge in [0.15, 0.2) is 0 Å². The second-order valence-electron chi connectivity index (χ2n) is 4.47. The van der Waals surface area contributed by atoms with E-state index in [1.165, 1.54) is 12.0 Å². The molecule has 5 nitrogen and oxygen atoms in total. The zero-order chi connectivity index (χ0) is 14.8. The van der Waals surface area contributed by atoms with Gasteiger partial charge in [-0.15, -0.1) is 11.3 Å². The molecule has 2 N–H and O–H groups in total. The highest BCUT2D eigenvalue weighted by Crippen LogP contribution is 2.07. The summed E-state index contributed by atoms with van der Waals surface area (Å²) in [5.41, 5.74) is 0. The maximum atomic E-state index is 11.8. The predicted octanol–water partition coefficient (Wildman–Crippen LogP) is 1.69. The third kappa shape index (κ3) is 6.16. The molecule has 0 aliphatic carbocycles. The van der Waals surface area contributed by atoms with Crippen LogP contribution in [0.25, 0.3) is 0 Å². The lowest BCUT2D eigenvalue weighted by Crippen LogP contribution is -2.44. The van der Waals surface area contributed by atoms with Crippen molar-refractivity contribution in [1.29, 1.82) is 0 Å². The molecular weight excluding hydrogens is 276 g/mol. The number of ether oxygens (including phenoxy) is 1.